The largest absolute Gasteiger partial charge is 0.483 e. The number of anilines is 1. The van der Waals surface area contributed by atoms with E-state index >= 15 is 0 Å². The van der Waals surface area contributed by atoms with Crippen LogP contribution in [-0.2, 0) is 31.8 Å². The third-order valence-corrected chi connectivity index (χ3v) is 3.39. The number of alkyl halides is 3. The third kappa shape index (κ3) is 5.53. The molecule has 0 saturated carbocycles. The molecule has 7 nitrogen and oxygen atoms in total. The van der Waals surface area contributed by atoms with Gasteiger partial charge in [0.05, 0.1) is 37.8 Å². The Kier molecular flexibility index (Phi) is 6.69. The monoisotopic (exact) mass is 399 g/mol. The number of rotatable bonds is 7. The van der Waals surface area contributed by atoms with Crippen LogP contribution in [0.2, 0.25) is 0 Å². The molecule has 0 fully saturated rings. The van der Waals surface area contributed by atoms with E-state index in [4.69, 9.17) is 9.15 Å². The number of nitrogens with one attached hydrogen (secondary N) is 1. The number of benzene rings is 1. The van der Waals surface area contributed by atoms with Crippen LogP contribution in [0, 0.1) is 0 Å². The van der Waals surface area contributed by atoms with Gasteiger partial charge < -0.3 is 23.9 Å². The van der Waals surface area contributed by atoms with Crippen LogP contribution in [0.25, 0.3) is 0 Å². The average molecular weight is 399 g/mol. The number of furan rings is 1. The van der Waals surface area contributed by atoms with E-state index in [1.165, 1.54) is 6.26 Å². The second-order valence-electron chi connectivity index (χ2n) is 5.27. The fourth-order valence-corrected chi connectivity index (χ4v) is 2.05. The second kappa shape index (κ2) is 8.98. The minimum atomic E-state index is -4.63. The summed E-state index contributed by atoms with van der Waals surface area (Å²) in [6.45, 7) is -0.0681. The Morgan fingerprint density at radius 3 is 2.50 bits per heavy atom. The Hall–Kier alpha value is -3.43. The highest BCUT2D eigenvalue weighted by molar-refractivity contribution is 5.99. The molecule has 0 saturated heterocycles. The minimum Gasteiger partial charge on any atom is -0.483 e. The molecule has 2 rings (SSSR count). The summed E-state index contributed by atoms with van der Waals surface area (Å²) in [5, 5.41) is 2.44. The molecule has 2 aromatic rings. The van der Waals surface area contributed by atoms with Crippen LogP contribution in [0.5, 0.6) is 5.75 Å². The lowest BCUT2D eigenvalue weighted by molar-refractivity contribution is -0.138. The van der Waals surface area contributed by atoms with Crippen molar-refractivity contribution >= 4 is 17.6 Å². The predicted molar refractivity (Wildman–Crippen MR) is 90.2 cm³/mol. The smallest absolute Gasteiger partial charge is 0.416 e. The van der Waals surface area contributed by atoms with Gasteiger partial charge in [-0.25, -0.2) is 9.59 Å². The van der Waals surface area contributed by atoms with Crippen LogP contribution in [0.3, 0.4) is 0 Å². The maximum atomic E-state index is 13.1. The van der Waals surface area contributed by atoms with Crippen molar-refractivity contribution in [2.24, 2.45) is 0 Å². The molecule has 1 N–H and O–H groups in total. The summed E-state index contributed by atoms with van der Waals surface area (Å²) in [6, 6.07) is 5.89. The molecular weight excluding hydrogens is 383 g/mol. The van der Waals surface area contributed by atoms with Gasteiger partial charge in [-0.15, -0.1) is 0 Å². The summed E-state index contributed by atoms with van der Waals surface area (Å²) < 4.78 is 58.8. The lowest BCUT2D eigenvalue weighted by atomic mass is 10.1. The first kappa shape index (κ1) is 20.9. The van der Waals surface area contributed by atoms with Crippen molar-refractivity contribution in [1.29, 1.82) is 0 Å². The van der Waals surface area contributed by atoms with E-state index in [2.05, 4.69) is 14.8 Å². The van der Waals surface area contributed by atoms with Gasteiger partial charge in [0.2, 0.25) is 0 Å². The van der Waals surface area contributed by atoms with Gasteiger partial charge >= 0.3 is 18.1 Å². The molecule has 0 atom stereocenters. The first-order valence-corrected chi connectivity index (χ1v) is 7.76. The number of methoxy groups -OCH3 is 2. The highest BCUT2D eigenvalue weighted by atomic mass is 19.4. The van der Waals surface area contributed by atoms with E-state index in [1.54, 1.807) is 12.1 Å². The van der Waals surface area contributed by atoms with Crippen LogP contribution in [0.1, 0.15) is 11.3 Å². The third-order valence-electron chi connectivity index (χ3n) is 3.39. The van der Waals surface area contributed by atoms with Crippen molar-refractivity contribution in [2.45, 2.75) is 12.8 Å². The second-order valence-corrected chi connectivity index (χ2v) is 5.27. The summed E-state index contributed by atoms with van der Waals surface area (Å²) in [7, 11) is 2.13. The van der Waals surface area contributed by atoms with Gasteiger partial charge in [-0.05, 0) is 30.3 Å². The zero-order chi connectivity index (χ0) is 20.7. The summed E-state index contributed by atoms with van der Waals surface area (Å²) in [6.07, 6.45) is -2.46. The number of hydrogen-bond acceptors (Lipinski definition) is 7. The molecule has 10 heteroatoms. The number of carbonyl (C=O) groups is 2. The fourth-order valence-electron chi connectivity index (χ4n) is 2.05. The summed E-state index contributed by atoms with van der Waals surface area (Å²) in [5.41, 5.74) is -1.62. The van der Waals surface area contributed by atoms with Crippen molar-refractivity contribution in [1.82, 2.24) is 0 Å². The summed E-state index contributed by atoms with van der Waals surface area (Å²) in [5.74, 6) is -1.47. The minimum absolute atomic E-state index is 0.0101. The summed E-state index contributed by atoms with van der Waals surface area (Å²) >= 11 is 0. The lowest BCUT2D eigenvalue weighted by Crippen LogP contribution is -2.16. The molecule has 1 aromatic carbocycles. The Morgan fingerprint density at radius 2 is 1.93 bits per heavy atom. The van der Waals surface area contributed by atoms with Crippen LogP contribution in [-0.4, -0.2) is 26.2 Å². The zero-order valence-corrected chi connectivity index (χ0v) is 14.8. The Bertz CT molecular complexity index is 859. The van der Waals surface area contributed by atoms with Crippen LogP contribution >= 0.6 is 0 Å². The molecule has 0 aliphatic carbocycles. The molecule has 150 valence electrons. The molecule has 28 heavy (non-hydrogen) atoms. The van der Waals surface area contributed by atoms with Gasteiger partial charge in [0.1, 0.15) is 23.8 Å². The van der Waals surface area contributed by atoms with E-state index in [-0.39, 0.29) is 18.0 Å². The number of hydrogen-bond donors (Lipinski definition) is 1. The average Bonchev–Trinajstić information content (AvgIpc) is 3.18. The van der Waals surface area contributed by atoms with E-state index in [9.17, 15) is 22.8 Å². The maximum absolute atomic E-state index is 13.1. The van der Waals surface area contributed by atoms with Crippen molar-refractivity contribution in [2.75, 3.05) is 19.5 Å². The van der Waals surface area contributed by atoms with Gasteiger partial charge in [0.15, 0.2) is 0 Å². The van der Waals surface area contributed by atoms with Gasteiger partial charge in [0, 0.05) is 0 Å². The molecule has 0 spiro atoms. The first-order valence-electron chi connectivity index (χ1n) is 7.76. The number of ether oxygens (including phenoxy) is 3. The number of carbonyl (C=O) groups excluding carboxylic acids is 2. The van der Waals surface area contributed by atoms with Crippen molar-refractivity contribution in [3.05, 3.63) is 59.7 Å². The Labute approximate surface area is 157 Å². The summed E-state index contributed by atoms with van der Waals surface area (Å²) in [4.78, 5) is 23.3. The van der Waals surface area contributed by atoms with Crippen molar-refractivity contribution < 1.29 is 41.4 Å². The SMILES string of the molecule is COC(=O)/C=C(/Nc1cc(C(F)(F)F)ccc1OCc1ccco1)C(=O)OC. The van der Waals surface area contributed by atoms with E-state index in [0.29, 0.717) is 5.76 Å². The van der Waals surface area contributed by atoms with Gasteiger partial charge in [-0.2, -0.15) is 13.2 Å². The highest BCUT2D eigenvalue weighted by Gasteiger charge is 2.31. The van der Waals surface area contributed by atoms with Gasteiger partial charge in [-0.1, -0.05) is 0 Å². The van der Waals surface area contributed by atoms with E-state index in [0.717, 1.165) is 38.5 Å². The lowest BCUT2D eigenvalue weighted by Gasteiger charge is -2.16. The molecule has 1 aromatic heterocycles. The molecule has 0 amide bonds. The van der Waals surface area contributed by atoms with Crippen LogP contribution in [0.15, 0.2) is 52.8 Å². The molecule has 0 bridgehead atoms. The maximum Gasteiger partial charge on any atom is 0.416 e. The van der Waals surface area contributed by atoms with E-state index < -0.39 is 29.4 Å². The molecule has 0 aliphatic heterocycles. The number of esters is 2. The van der Waals surface area contributed by atoms with Crippen LogP contribution in [0.4, 0.5) is 18.9 Å². The molecule has 0 aliphatic rings. The predicted octanol–water partition coefficient (Wildman–Crippen LogP) is 3.52. The number of halogens is 3. The normalized spacial score (nSPS) is 11.7. The molecule has 0 radical (unpaired) electrons. The Balaban J connectivity index is 2.39. The zero-order valence-electron chi connectivity index (χ0n) is 14.8. The fraction of sp³-hybridized carbons (Fsp3) is 0.222. The molecule has 1 heterocycles. The standard InChI is InChI=1S/C18H16F3NO6/c1-25-16(23)9-14(17(24)26-2)22-13-8-11(18(19,20)21)5-6-15(13)28-10-12-4-3-7-27-12/h3-9,22H,10H2,1-2H3/b14-9+. The first-order chi connectivity index (χ1) is 13.2. The van der Waals surface area contributed by atoms with Crippen LogP contribution < -0.4 is 10.1 Å². The molecule has 0 unspecified atom stereocenters. The topological polar surface area (TPSA) is 87.0 Å². The van der Waals surface area contributed by atoms with Crippen molar-refractivity contribution in [3.63, 3.8) is 0 Å². The highest BCUT2D eigenvalue weighted by Crippen LogP contribution is 2.36. The quantitative estimate of drug-likeness (QED) is 0.563. The van der Waals surface area contributed by atoms with Gasteiger partial charge in [0.25, 0.3) is 0 Å². The van der Waals surface area contributed by atoms with E-state index in [1.807, 2.05) is 0 Å². The Morgan fingerprint density at radius 1 is 1.18 bits per heavy atom. The molecular formula is C18H16F3NO6. The van der Waals surface area contributed by atoms with Crippen molar-refractivity contribution in [3.8, 4) is 5.75 Å². The van der Waals surface area contributed by atoms with Gasteiger partial charge in [-0.3, -0.25) is 0 Å².